The molecule has 0 bridgehead atoms. The first-order valence-corrected chi connectivity index (χ1v) is 11.1. The molecule has 0 saturated heterocycles. The number of rotatable bonds is 6. The second-order valence-electron chi connectivity index (χ2n) is 8.28. The van der Waals surface area contributed by atoms with Crippen LogP contribution in [0, 0.1) is 0 Å². The highest BCUT2D eigenvalue weighted by Crippen LogP contribution is 2.37. The number of hydrogen-bond donors (Lipinski definition) is 1. The zero-order valence-corrected chi connectivity index (χ0v) is 17.4. The van der Waals surface area contributed by atoms with Crippen LogP contribution in [0.15, 0.2) is 59.6 Å². The molecule has 0 heterocycles. The Morgan fingerprint density at radius 1 is 0.966 bits per heavy atom. The Kier molecular flexibility index (Phi) is 6.29. The van der Waals surface area contributed by atoms with E-state index in [4.69, 9.17) is 4.99 Å². The van der Waals surface area contributed by atoms with Crippen LogP contribution in [0.1, 0.15) is 63.0 Å². The van der Waals surface area contributed by atoms with Crippen molar-refractivity contribution in [1.29, 1.82) is 0 Å². The van der Waals surface area contributed by atoms with Crippen LogP contribution in [0.5, 0.6) is 5.75 Å². The van der Waals surface area contributed by atoms with E-state index < -0.39 is 0 Å². The van der Waals surface area contributed by atoms with Crippen LogP contribution in [0.25, 0.3) is 21.9 Å². The van der Waals surface area contributed by atoms with E-state index in [9.17, 15) is 5.11 Å². The fourth-order valence-electron chi connectivity index (χ4n) is 4.42. The summed E-state index contributed by atoms with van der Waals surface area (Å²) in [6.07, 6.45) is 11.5. The summed E-state index contributed by atoms with van der Waals surface area (Å²) >= 11 is 0. The first-order chi connectivity index (χ1) is 14.3. The minimum Gasteiger partial charge on any atom is -0.507 e. The van der Waals surface area contributed by atoms with Gasteiger partial charge in [0.2, 0.25) is 0 Å². The third-order valence-electron chi connectivity index (χ3n) is 6.10. The Bertz CT molecular complexity index is 993. The van der Waals surface area contributed by atoms with Gasteiger partial charge in [-0.05, 0) is 59.7 Å². The lowest BCUT2D eigenvalue weighted by Gasteiger charge is -2.18. The molecule has 4 rings (SSSR count). The summed E-state index contributed by atoms with van der Waals surface area (Å²) in [5, 5.41) is 13.6. The highest BCUT2D eigenvalue weighted by Gasteiger charge is 2.15. The number of aliphatic imine (C=N–C) groups is 1. The van der Waals surface area contributed by atoms with Crippen LogP contribution in [0.3, 0.4) is 0 Å². The first-order valence-electron chi connectivity index (χ1n) is 11.1. The van der Waals surface area contributed by atoms with Gasteiger partial charge in [-0.2, -0.15) is 0 Å². The molecular weight excluding hydrogens is 354 g/mol. The summed E-state index contributed by atoms with van der Waals surface area (Å²) in [5.41, 5.74) is 4.14. The Morgan fingerprint density at radius 2 is 1.76 bits per heavy atom. The summed E-state index contributed by atoms with van der Waals surface area (Å²) in [6, 6.07) is 19.4. The number of phenols is 1. The summed E-state index contributed by atoms with van der Waals surface area (Å²) in [6.45, 7) is 2.22. The third-order valence-corrected chi connectivity index (χ3v) is 6.10. The van der Waals surface area contributed by atoms with Crippen molar-refractivity contribution in [1.82, 2.24) is 0 Å². The zero-order chi connectivity index (χ0) is 20.1. The predicted molar refractivity (Wildman–Crippen MR) is 124 cm³/mol. The van der Waals surface area contributed by atoms with Crippen LogP contribution >= 0.6 is 0 Å². The number of fused-ring (bicyclic) bond motifs is 1. The Morgan fingerprint density at radius 3 is 2.59 bits per heavy atom. The molecule has 0 unspecified atom stereocenters. The van der Waals surface area contributed by atoms with E-state index in [1.165, 1.54) is 48.4 Å². The van der Waals surface area contributed by atoms with Gasteiger partial charge in [-0.1, -0.05) is 75.1 Å². The van der Waals surface area contributed by atoms with Crippen LogP contribution in [0.2, 0.25) is 0 Å². The average molecular weight is 386 g/mol. The summed E-state index contributed by atoms with van der Waals surface area (Å²) in [4.78, 5) is 4.85. The predicted octanol–water partition coefficient (Wildman–Crippen LogP) is 7.31. The number of aryl methyl sites for hydroxylation is 1. The van der Waals surface area contributed by atoms with Crippen molar-refractivity contribution < 1.29 is 5.11 Å². The molecule has 2 nitrogen and oxygen atoms in total. The molecule has 3 aromatic carbocycles. The van der Waals surface area contributed by atoms with Gasteiger partial charge < -0.3 is 5.11 Å². The minimum atomic E-state index is 0.348. The highest BCUT2D eigenvalue weighted by molar-refractivity contribution is 6.00. The lowest BCUT2D eigenvalue weighted by atomic mass is 9.92. The Hall–Kier alpha value is -2.61. The number of aromatic hydroxyl groups is 1. The SMILES string of the molecule is CCCCc1cc(C=NC2CCCCC2)c(O)c(-c2cccc3ccccc23)c1. The molecule has 150 valence electrons. The molecule has 0 aliphatic heterocycles. The molecule has 1 saturated carbocycles. The average Bonchev–Trinajstić information content (AvgIpc) is 2.78. The molecule has 1 aliphatic carbocycles. The second kappa shape index (κ2) is 9.26. The van der Waals surface area contributed by atoms with Gasteiger partial charge in [-0.25, -0.2) is 0 Å². The van der Waals surface area contributed by atoms with Crippen molar-refractivity contribution in [2.75, 3.05) is 0 Å². The van der Waals surface area contributed by atoms with Crippen molar-refractivity contribution in [3.05, 3.63) is 65.7 Å². The normalized spacial score (nSPS) is 15.3. The molecule has 1 aliphatic rings. The van der Waals surface area contributed by atoms with Crippen molar-refractivity contribution in [2.24, 2.45) is 4.99 Å². The van der Waals surface area contributed by atoms with Gasteiger partial charge in [0.15, 0.2) is 0 Å². The molecule has 0 atom stereocenters. The number of unbranched alkanes of at least 4 members (excludes halogenated alkanes) is 1. The molecule has 0 radical (unpaired) electrons. The molecule has 0 amide bonds. The van der Waals surface area contributed by atoms with E-state index in [0.717, 1.165) is 36.0 Å². The number of nitrogens with zero attached hydrogens (tertiary/aromatic N) is 1. The highest BCUT2D eigenvalue weighted by atomic mass is 16.3. The van der Waals surface area contributed by atoms with Crippen LogP contribution in [0.4, 0.5) is 0 Å². The van der Waals surface area contributed by atoms with Gasteiger partial charge in [-0.15, -0.1) is 0 Å². The van der Waals surface area contributed by atoms with Gasteiger partial charge in [0, 0.05) is 23.4 Å². The monoisotopic (exact) mass is 385 g/mol. The van der Waals surface area contributed by atoms with E-state index >= 15 is 0 Å². The topological polar surface area (TPSA) is 32.6 Å². The summed E-state index contributed by atoms with van der Waals surface area (Å²) in [7, 11) is 0. The zero-order valence-electron chi connectivity index (χ0n) is 17.4. The van der Waals surface area contributed by atoms with Gasteiger partial charge in [0.25, 0.3) is 0 Å². The van der Waals surface area contributed by atoms with E-state index in [0.29, 0.717) is 11.8 Å². The second-order valence-corrected chi connectivity index (χ2v) is 8.28. The fraction of sp³-hybridized carbons (Fsp3) is 0.370. The molecule has 1 fully saturated rings. The molecule has 3 aromatic rings. The van der Waals surface area contributed by atoms with Gasteiger partial charge >= 0.3 is 0 Å². The number of hydrogen-bond acceptors (Lipinski definition) is 2. The smallest absolute Gasteiger partial charge is 0.132 e. The third kappa shape index (κ3) is 4.53. The van der Waals surface area contributed by atoms with Gasteiger partial charge in [0.05, 0.1) is 0 Å². The lowest BCUT2D eigenvalue weighted by molar-refractivity contribution is 0.444. The van der Waals surface area contributed by atoms with Gasteiger partial charge in [-0.3, -0.25) is 4.99 Å². The lowest BCUT2D eigenvalue weighted by Crippen LogP contribution is -2.09. The Labute approximate surface area is 174 Å². The standard InChI is InChI=1S/C27H31NO/c1-2-3-10-20-17-22(19-28-23-13-5-4-6-14-23)27(29)26(18-20)25-16-9-12-21-11-7-8-15-24(21)25/h7-9,11-12,15-19,23,29H,2-6,10,13-14H2,1H3. The number of benzene rings is 3. The minimum absolute atomic E-state index is 0.348. The van der Waals surface area contributed by atoms with Crippen molar-refractivity contribution in [2.45, 2.75) is 64.3 Å². The van der Waals surface area contributed by atoms with Crippen molar-refractivity contribution in [3.8, 4) is 16.9 Å². The van der Waals surface area contributed by atoms with Crippen LogP contribution < -0.4 is 0 Å². The number of phenolic OH excluding ortho intramolecular Hbond substituents is 1. The molecule has 0 spiro atoms. The first kappa shape index (κ1) is 19.7. The van der Waals surface area contributed by atoms with E-state index in [2.05, 4.69) is 61.5 Å². The van der Waals surface area contributed by atoms with E-state index in [1.807, 2.05) is 6.21 Å². The molecule has 1 N–H and O–H groups in total. The van der Waals surface area contributed by atoms with E-state index in [1.54, 1.807) is 0 Å². The van der Waals surface area contributed by atoms with Crippen LogP contribution in [-0.4, -0.2) is 17.4 Å². The maximum Gasteiger partial charge on any atom is 0.132 e. The fourth-order valence-corrected chi connectivity index (χ4v) is 4.42. The summed E-state index contributed by atoms with van der Waals surface area (Å²) < 4.78 is 0. The quantitative estimate of drug-likeness (QED) is 0.443. The molecule has 2 heteroatoms. The summed E-state index contributed by atoms with van der Waals surface area (Å²) in [5.74, 6) is 0.348. The van der Waals surface area contributed by atoms with Crippen molar-refractivity contribution in [3.63, 3.8) is 0 Å². The van der Waals surface area contributed by atoms with Crippen molar-refractivity contribution >= 4 is 17.0 Å². The largest absolute Gasteiger partial charge is 0.507 e. The molecule has 29 heavy (non-hydrogen) atoms. The molecular formula is C27H31NO. The Balaban J connectivity index is 1.78. The van der Waals surface area contributed by atoms with Gasteiger partial charge in [0.1, 0.15) is 5.75 Å². The maximum atomic E-state index is 11.2. The van der Waals surface area contributed by atoms with Crippen LogP contribution in [-0.2, 0) is 6.42 Å². The van der Waals surface area contributed by atoms with E-state index in [-0.39, 0.29) is 0 Å². The molecule has 0 aromatic heterocycles. The maximum absolute atomic E-state index is 11.2.